The topological polar surface area (TPSA) is 29.1 Å². The van der Waals surface area contributed by atoms with Gasteiger partial charge in [0.1, 0.15) is 0 Å². The molecule has 0 aliphatic carbocycles. The monoisotopic (exact) mass is 281 g/mol. The van der Waals surface area contributed by atoms with Gasteiger partial charge in [0, 0.05) is 12.4 Å². The zero-order chi connectivity index (χ0) is 14.5. The van der Waals surface area contributed by atoms with Crippen molar-refractivity contribution in [2.45, 2.75) is 40.5 Å². The lowest BCUT2D eigenvalue weighted by Crippen LogP contribution is -2.35. The van der Waals surface area contributed by atoms with Crippen LogP contribution >= 0.6 is 11.6 Å². The minimum absolute atomic E-state index is 0.0546. The van der Waals surface area contributed by atoms with Gasteiger partial charge in [0.25, 0.3) is 0 Å². The number of rotatable bonds is 6. The summed E-state index contributed by atoms with van der Waals surface area (Å²) in [4.78, 5) is 12.0. The summed E-state index contributed by atoms with van der Waals surface area (Å²) in [6.07, 6.45) is 1.35. The number of aryl methyl sites for hydroxylation is 2. The molecule has 106 valence electrons. The van der Waals surface area contributed by atoms with E-state index < -0.39 is 0 Å². The fourth-order valence-electron chi connectivity index (χ4n) is 1.91. The number of carbonyl (C=O) groups excluding carboxylic acids is 1. The molecule has 0 unspecified atom stereocenters. The predicted octanol–water partition coefficient (Wildman–Crippen LogP) is 3.62. The Morgan fingerprint density at radius 3 is 2.63 bits per heavy atom. The Kier molecular flexibility index (Phi) is 5.86. The van der Waals surface area contributed by atoms with Gasteiger partial charge in [-0.1, -0.05) is 37.6 Å². The zero-order valence-corrected chi connectivity index (χ0v) is 13.1. The second kappa shape index (κ2) is 6.95. The highest BCUT2D eigenvalue weighted by Gasteiger charge is 2.18. The molecule has 1 amide bonds. The van der Waals surface area contributed by atoms with E-state index in [2.05, 4.69) is 37.4 Å². The summed E-state index contributed by atoms with van der Waals surface area (Å²) >= 11 is 5.76. The third-order valence-electron chi connectivity index (χ3n) is 3.39. The highest BCUT2D eigenvalue weighted by atomic mass is 35.5. The molecule has 3 heteroatoms. The summed E-state index contributed by atoms with van der Waals surface area (Å²) < 4.78 is 0. The number of hydrogen-bond donors (Lipinski definition) is 1. The van der Waals surface area contributed by atoms with E-state index in [1.54, 1.807) is 0 Å². The fourth-order valence-corrected chi connectivity index (χ4v) is 2.42. The summed E-state index contributed by atoms with van der Waals surface area (Å²) in [5, 5.41) is 3.01. The molecule has 0 aliphatic heterocycles. The summed E-state index contributed by atoms with van der Waals surface area (Å²) in [6.45, 7) is 8.99. The molecule has 0 bridgehead atoms. The van der Waals surface area contributed by atoms with Gasteiger partial charge in [0.05, 0.1) is 6.42 Å². The Labute approximate surface area is 121 Å². The Bertz CT molecular complexity index is 440. The summed E-state index contributed by atoms with van der Waals surface area (Å²) in [5.41, 5.74) is 3.52. The molecule has 0 atom stereocenters. The van der Waals surface area contributed by atoms with Crippen LogP contribution in [0.15, 0.2) is 18.2 Å². The second-order valence-electron chi connectivity index (χ2n) is 5.99. The Hall–Kier alpha value is -1.02. The third-order valence-corrected chi connectivity index (χ3v) is 3.58. The maximum atomic E-state index is 12.0. The van der Waals surface area contributed by atoms with Crippen LogP contribution in [-0.4, -0.2) is 18.3 Å². The first-order valence-electron chi connectivity index (χ1n) is 6.73. The van der Waals surface area contributed by atoms with Crippen LogP contribution < -0.4 is 5.32 Å². The van der Waals surface area contributed by atoms with Gasteiger partial charge >= 0.3 is 0 Å². The lowest BCUT2D eigenvalue weighted by atomic mass is 9.90. The van der Waals surface area contributed by atoms with E-state index in [0.29, 0.717) is 18.8 Å². The standard InChI is InChI=1S/C16H24ClNO/c1-12-5-6-13(2)14(9-12)10-15(19)18-11-16(3,4)7-8-17/h5-6,9H,7-8,10-11H2,1-4H3,(H,18,19). The van der Waals surface area contributed by atoms with Gasteiger partial charge in [-0.3, -0.25) is 4.79 Å². The molecule has 1 N–H and O–H groups in total. The van der Waals surface area contributed by atoms with Crippen LogP contribution in [0, 0.1) is 19.3 Å². The van der Waals surface area contributed by atoms with Crippen molar-refractivity contribution in [1.29, 1.82) is 0 Å². The molecular weight excluding hydrogens is 258 g/mol. The minimum Gasteiger partial charge on any atom is -0.355 e. The fraction of sp³-hybridized carbons (Fsp3) is 0.562. The molecule has 1 aromatic carbocycles. The summed E-state index contributed by atoms with van der Waals surface area (Å²) in [5.74, 6) is 0.705. The molecule has 0 aliphatic rings. The number of hydrogen-bond acceptors (Lipinski definition) is 1. The first kappa shape index (κ1) is 16.0. The van der Waals surface area contributed by atoms with Crippen LogP contribution in [0.5, 0.6) is 0 Å². The van der Waals surface area contributed by atoms with E-state index in [1.807, 2.05) is 13.8 Å². The molecule has 1 aromatic rings. The molecule has 1 rings (SSSR count). The van der Waals surface area contributed by atoms with Gasteiger partial charge in [0.15, 0.2) is 0 Å². The van der Waals surface area contributed by atoms with Gasteiger partial charge < -0.3 is 5.32 Å². The molecule has 0 heterocycles. The SMILES string of the molecule is Cc1ccc(C)c(CC(=O)NCC(C)(C)CCCl)c1. The number of nitrogens with one attached hydrogen (secondary N) is 1. The molecule has 0 saturated heterocycles. The van der Waals surface area contributed by atoms with Crippen molar-refractivity contribution in [2.24, 2.45) is 5.41 Å². The Balaban J connectivity index is 2.54. The van der Waals surface area contributed by atoms with Gasteiger partial charge in [0.2, 0.25) is 5.91 Å². The van der Waals surface area contributed by atoms with Crippen LogP contribution in [-0.2, 0) is 11.2 Å². The average molecular weight is 282 g/mol. The maximum absolute atomic E-state index is 12.0. The number of benzene rings is 1. The first-order valence-corrected chi connectivity index (χ1v) is 7.26. The van der Waals surface area contributed by atoms with Crippen LogP contribution in [0.2, 0.25) is 0 Å². The zero-order valence-electron chi connectivity index (χ0n) is 12.3. The Morgan fingerprint density at radius 1 is 1.32 bits per heavy atom. The average Bonchev–Trinajstić information content (AvgIpc) is 2.31. The Morgan fingerprint density at radius 2 is 2.00 bits per heavy atom. The molecule has 2 nitrogen and oxygen atoms in total. The smallest absolute Gasteiger partial charge is 0.224 e. The number of carbonyl (C=O) groups is 1. The van der Waals surface area contributed by atoms with Crippen molar-refractivity contribution >= 4 is 17.5 Å². The van der Waals surface area contributed by atoms with Gasteiger partial charge in [-0.15, -0.1) is 11.6 Å². The molecular formula is C16H24ClNO. The van der Waals surface area contributed by atoms with Crippen LogP contribution in [0.4, 0.5) is 0 Å². The van der Waals surface area contributed by atoms with Crippen molar-refractivity contribution < 1.29 is 4.79 Å². The summed E-state index contributed by atoms with van der Waals surface area (Å²) in [7, 11) is 0. The second-order valence-corrected chi connectivity index (χ2v) is 6.36. The number of alkyl halides is 1. The molecule has 0 fully saturated rings. The molecule has 0 radical (unpaired) electrons. The van der Waals surface area contributed by atoms with E-state index in [1.165, 1.54) is 11.1 Å². The highest BCUT2D eigenvalue weighted by molar-refractivity contribution is 6.17. The van der Waals surface area contributed by atoms with Crippen molar-refractivity contribution in [3.63, 3.8) is 0 Å². The number of amides is 1. The van der Waals surface area contributed by atoms with E-state index in [-0.39, 0.29) is 11.3 Å². The van der Waals surface area contributed by atoms with Crippen LogP contribution in [0.25, 0.3) is 0 Å². The number of halogens is 1. The quantitative estimate of drug-likeness (QED) is 0.793. The minimum atomic E-state index is 0.0546. The van der Waals surface area contributed by atoms with Crippen LogP contribution in [0.1, 0.15) is 37.0 Å². The van der Waals surface area contributed by atoms with Crippen molar-refractivity contribution in [1.82, 2.24) is 5.32 Å². The predicted molar refractivity (Wildman–Crippen MR) is 81.7 cm³/mol. The lowest BCUT2D eigenvalue weighted by molar-refractivity contribution is -0.120. The molecule has 0 aromatic heterocycles. The largest absolute Gasteiger partial charge is 0.355 e. The summed E-state index contributed by atoms with van der Waals surface area (Å²) in [6, 6.07) is 6.22. The molecule has 19 heavy (non-hydrogen) atoms. The third kappa shape index (κ3) is 5.65. The van der Waals surface area contributed by atoms with E-state index >= 15 is 0 Å². The first-order chi connectivity index (χ1) is 8.84. The van der Waals surface area contributed by atoms with Gasteiger partial charge in [-0.25, -0.2) is 0 Å². The molecule has 0 saturated carbocycles. The normalized spacial score (nSPS) is 11.4. The van der Waals surface area contributed by atoms with Crippen LogP contribution in [0.3, 0.4) is 0 Å². The van der Waals surface area contributed by atoms with Crippen molar-refractivity contribution in [3.05, 3.63) is 34.9 Å². The lowest BCUT2D eigenvalue weighted by Gasteiger charge is -2.23. The highest BCUT2D eigenvalue weighted by Crippen LogP contribution is 2.19. The van der Waals surface area contributed by atoms with E-state index in [9.17, 15) is 4.79 Å². The van der Waals surface area contributed by atoms with E-state index in [4.69, 9.17) is 11.6 Å². The van der Waals surface area contributed by atoms with Gasteiger partial charge in [-0.05, 0) is 36.8 Å². The van der Waals surface area contributed by atoms with Crippen molar-refractivity contribution in [2.75, 3.05) is 12.4 Å². The maximum Gasteiger partial charge on any atom is 0.224 e. The van der Waals surface area contributed by atoms with E-state index in [0.717, 1.165) is 12.0 Å². The van der Waals surface area contributed by atoms with Gasteiger partial charge in [-0.2, -0.15) is 0 Å². The molecule has 0 spiro atoms. The van der Waals surface area contributed by atoms with Crippen molar-refractivity contribution in [3.8, 4) is 0 Å².